The first-order chi connectivity index (χ1) is 9.65. The lowest BCUT2D eigenvalue weighted by Gasteiger charge is -2.21. The molecule has 0 aliphatic carbocycles. The summed E-state index contributed by atoms with van der Waals surface area (Å²) in [6, 6.07) is 3.87. The van der Waals surface area contributed by atoms with Crippen LogP contribution in [-0.4, -0.2) is 29.4 Å². The Morgan fingerprint density at radius 3 is 2.62 bits per heavy atom. The molecule has 1 amide bonds. The van der Waals surface area contributed by atoms with E-state index in [9.17, 15) is 14.3 Å². The molecule has 1 aromatic rings. The molecule has 1 rings (SSSR count). The van der Waals surface area contributed by atoms with Crippen LogP contribution >= 0.6 is 0 Å². The third-order valence-corrected chi connectivity index (χ3v) is 2.55. The van der Waals surface area contributed by atoms with E-state index >= 15 is 0 Å². The van der Waals surface area contributed by atoms with Gasteiger partial charge in [-0.15, -0.1) is 0 Å². The second-order valence-electron chi connectivity index (χ2n) is 5.98. The summed E-state index contributed by atoms with van der Waals surface area (Å²) in [6.45, 7) is 8.05. The Kier molecular flexibility index (Phi) is 5.96. The van der Waals surface area contributed by atoms with Gasteiger partial charge in [0.25, 0.3) is 0 Å². The maximum atomic E-state index is 13.1. The highest BCUT2D eigenvalue weighted by atomic mass is 19.1. The molecule has 1 aromatic carbocycles. The fraction of sp³-hybridized carbons (Fsp3) is 0.533. The van der Waals surface area contributed by atoms with Crippen LogP contribution in [0.25, 0.3) is 0 Å². The number of alkyl carbamates (subject to hydrolysis) is 1. The first kappa shape index (κ1) is 17.2. The van der Waals surface area contributed by atoms with E-state index < -0.39 is 17.5 Å². The van der Waals surface area contributed by atoms with Crippen LogP contribution in [0.1, 0.15) is 33.3 Å². The maximum Gasteiger partial charge on any atom is 0.407 e. The van der Waals surface area contributed by atoms with E-state index in [0.29, 0.717) is 18.7 Å². The maximum absolute atomic E-state index is 13.1. The van der Waals surface area contributed by atoms with Gasteiger partial charge in [-0.2, -0.15) is 0 Å². The van der Waals surface area contributed by atoms with Crippen molar-refractivity contribution in [3.05, 3.63) is 29.6 Å². The van der Waals surface area contributed by atoms with E-state index in [0.717, 1.165) is 6.07 Å². The molecule has 0 spiro atoms. The van der Waals surface area contributed by atoms with Gasteiger partial charge in [-0.1, -0.05) is 0 Å². The fourth-order valence-electron chi connectivity index (χ4n) is 1.65. The molecule has 21 heavy (non-hydrogen) atoms. The van der Waals surface area contributed by atoms with Gasteiger partial charge in [0.1, 0.15) is 17.2 Å². The van der Waals surface area contributed by atoms with Crippen molar-refractivity contribution in [2.75, 3.05) is 6.54 Å². The van der Waals surface area contributed by atoms with Crippen LogP contribution in [0, 0.1) is 5.82 Å². The normalized spacial score (nSPS) is 12.8. The molecule has 0 saturated heterocycles. The number of nitrogens with one attached hydrogen (secondary N) is 2. The van der Waals surface area contributed by atoms with Gasteiger partial charge >= 0.3 is 6.09 Å². The number of amides is 1. The average Bonchev–Trinajstić information content (AvgIpc) is 2.30. The third-order valence-electron chi connectivity index (χ3n) is 2.55. The van der Waals surface area contributed by atoms with E-state index in [4.69, 9.17) is 4.74 Å². The van der Waals surface area contributed by atoms with E-state index in [2.05, 4.69) is 10.6 Å². The molecule has 0 aromatic heterocycles. The quantitative estimate of drug-likeness (QED) is 0.781. The third kappa shape index (κ3) is 7.51. The summed E-state index contributed by atoms with van der Waals surface area (Å²) < 4.78 is 18.2. The first-order valence-electron chi connectivity index (χ1n) is 6.84. The number of carbonyl (C=O) groups is 1. The zero-order valence-corrected chi connectivity index (χ0v) is 12.9. The molecule has 0 heterocycles. The number of carbonyl (C=O) groups excluding carboxylic acids is 1. The van der Waals surface area contributed by atoms with E-state index in [1.165, 1.54) is 12.1 Å². The molecule has 0 fully saturated rings. The molecule has 3 N–H and O–H groups in total. The van der Waals surface area contributed by atoms with Crippen molar-refractivity contribution in [2.24, 2.45) is 0 Å². The Bertz CT molecular complexity index is 466. The minimum absolute atomic E-state index is 0.0251. The van der Waals surface area contributed by atoms with Gasteiger partial charge in [0.05, 0.1) is 0 Å². The molecule has 0 radical (unpaired) electrons. The Morgan fingerprint density at radius 1 is 1.38 bits per heavy atom. The van der Waals surface area contributed by atoms with Crippen LogP contribution in [0.4, 0.5) is 9.18 Å². The highest BCUT2D eigenvalue weighted by Gasteiger charge is 2.16. The molecule has 1 unspecified atom stereocenters. The Labute approximate surface area is 124 Å². The summed E-state index contributed by atoms with van der Waals surface area (Å²) >= 11 is 0. The van der Waals surface area contributed by atoms with Crippen molar-refractivity contribution in [3.63, 3.8) is 0 Å². The van der Waals surface area contributed by atoms with Crippen LogP contribution in [0.15, 0.2) is 18.2 Å². The number of halogens is 1. The second kappa shape index (κ2) is 7.26. The van der Waals surface area contributed by atoms with Gasteiger partial charge in [-0.05, 0) is 45.4 Å². The largest absolute Gasteiger partial charge is 0.508 e. The van der Waals surface area contributed by atoms with Gasteiger partial charge in [0.2, 0.25) is 0 Å². The molecule has 0 bridgehead atoms. The summed E-state index contributed by atoms with van der Waals surface area (Å²) in [5.74, 6) is -0.585. The second-order valence-corrected chi connectivity index (χ2v) is 5.98. The van der Waals surface area contributed by atoms with Crippen LogP contribution in [0.3, 0.4) is 0 Å². The number of phenols is 1. The van der Waals surface area contributed by atoms with Crippen molar-refractivity contribution < 1.29 is 19.0 Å². The van der Waals surface area contributed by atoms with Crippen LogP contribution in [0.5, 0.6) is 5.75 Å². The predicted octanol–water partition coefficient (Wildman–Crippen LogP) is 2.53. The molecule has 0 saturated carbocycles. The Balaban J connectivity index is 2.34. The molecule has 118 valence electrons. The minimum atomic E-state index is -0.528. The Hall–Kier alpha value is -1.82. The zero-order valence-electron chi connectivity index (χ0n) is 12.9. The lowest BCUT2D eigenvalue weighted by atomic mass is 10.2. The zero-order chi connectivity index (χ0) is 16.0. The number of rotatable bonds is 5. The van der Waals surface area contributed by atoms with Gasteiger partial charge < -0.3 is 20.5 Å². The van der Waals surface area contributed by atoms with E-state index in [1.54, 1.807) is 20.8 Å². The minimum Gasteiger partial charge on any atom is -0.508 e. The smallest absolute Gasteiger partial charge is 0.407 e. The molecular formula is C15H23FN2O3. The summed E-state index contributed by atoms with van der Waals surface area (Å²) in [6.07, 6.45) is -0.473. The summed E-state index contributed by atoms with van der Waals surface area (Å²) in [7, 11) is 0. The number of benzene rings is 1. The first-order valence-corrected chi connectivity index (χ1v) is 6.84. The SMILES string of the molecule is CC(CNC(=O)OC(C)(C)C)NCc1cc(O)cc(F)c1. The summed E-state index contributed by atoms with van der Waals surface area (Å²) in [4.78, 5) is 11.5. The molecule has 0 aliphatic rings. The van der Waals surface area contributed by atoms with Crippen LogP contribution in [-0.2, 0) is 11.3 Å². The molecule has 6 heteroatoms. The standard InChI is InChI=1S/C15H23FN2O3/c1-10(8-18-14(20)21-15(2,3)4)17-9-11-5-12(16)7-13(19)6-11/h5-7,10,17,19H,8-9H2,1-4H3,(H,18,20). The van der Waals surface area contributed by atoms with E-state index in [1.807, 2.05) is 6.92 Å². The lowest BCUT2D eigenvalue weighted by Crippen LogP contribution is -2.41. The van der Waals surface area contributed by atoms with Crippen molar-refractivity contribution in [3.8, 4) is 5.75 Å². The summed E-state index contributed by atoms with van der Waals surface area (Å²) in [5, 5.41) is 15.1. The highest BCUT2D eigenvalue weighted by Crippen LogP contribution is 2.14. The number of aromatic hydroxyl groups is 1. The monoisotopic (exact) mass is 298 g/mol. The topological polar surface area (TPSA) is 70.6 Å². The molecule has 0 aliphatic heterocycles. The fourth-order valence-corrected chi connectivity index (χ4v) is 1.65. The molecule has 1 atom stereocenters. The highest BCUT2D eigenvalue weighted by molar-refractivity contribution is 5.67. The number of hydrogen-bond acceptors (Lipinski definition) is 4. The van der Waals surface area contributed by atoms with E-state index in [-0.39, 0.29) is 11.8 Å². The van der Waals surface area contributed by atoms with Crippen molar-refractivity contribution >= 4 is 6.09 Å². The van der Waals surface area contributed by atoms with Gasteiger partial charge in [-0.25, -0.2) is 9.18 Å². The van der Waals surface area contributed by atoms with Crippen molar-refractivity contribution in [1.82, 2.24) is 10.6 Å². The number of ether oxygens (including phenoxy) is 1. The van der Waals surface area contributed by atoms with Gasteiger partial charge in [0, 0.05) is 25.2 Å². The van der Waals surface area contributed by atoms with Crippen molar-refractivity contribution in [1.29, 1.82) is 0 Å². The molecular weight excluding hydrogens is 275 g/mol. The number of phenolic OH excluding ortho intramolecular Hbond substituents is 1. The summed E-state index contributed by atoms with van der Waals surface area (Å²) in [5.41, 5.74) is 0.108. The van der Waals surface area contributed by atoms with Crippen molar-refractivity contribution in [2.45, 2.75) is 45.9 Å². The van der Waals surface area contributed by atoms with Crippen LogP contribution in [0.2, 0.25) is 0 Å². The van der Waals surface area contributed by atoms with Gasteiger partial charge in [-0.3, -0.25) is 0 Å². The Morgan fingerprint density at radius 2 is 2.05 bits per heavy atom. The predicted molar refractivity (Wildman–Crippen MR) is 78.6 cm³/mol. The average molecular weight is 298 g/mol. The van der Waals surface area contributed by atoms with Crippen LogP contribution < -0.4 is 10.6 Å². The van der Waals surface area contributed by atoms with Gasteiger partial charge in [0.15, 0.2) is 0 Å². The number of hydrogen-bond donors (Lipinski definition) is 3. The lowest BCUT2D eigenvalue weighted by molar-refractivity contribution is 0.0523. The molecule has 5 nitrogen and oxygen atoms in total.